The van der Waals surface area contributed by atoms with E-state index in [1.807, 2.05) is 0 Å². The van der Waals surface area contributed by atoms with Crippen LogP contribution in [0.2, 0.25) is 0 Å². The SMILES string of the molecule is O=C(NC(C(=O)O)C1CC1)c1cccc2c1OCCO2. The summed E-state index contributed by atoms with van der Waals surface area (Å²) >= 11 is 0. The van der Waals surface area contributed by atoms with Gasteiger partial charge in [0, 0.05) is 0 Å². The van der Waals surface area contributed by atoms with Gasteiger partial charge in [0.1, 0.15) is 19.3 Å². The molecule has 1 heterocycles. The zero-order valence-corrected chi connectivity index (χ0v) is 10.8. The van der Waals surface area contributed by atoms with E-state index in [9.17, 15) is 9.59 Å². The molecular formula is C14H15NO5. The van der Waals surface area contributed by atoms with Crippen LogP contribution >= 0.6 is 0 Å². The number of carbonyl (C=O) groups is 2. The molecule has 2 N–H and O–H groups in total. The van der Waals surface area contributed by atoms with Gasteiger partial charge in [0.15, 0.2) is 11.5 Å². The Morgan fingerprint density at radius 1 is 1.25 bits per heavy atom. The summed E-state index contributed by atoms with van der Waals surface area (Å²) in [5.41, 5.74) is 0.314. The molecule has 1 fully saturated rings. The first-order chi connectivity index (χ1) is 9.66. The van der Waals surface area contributed by atoms with Crippen molar-refractivity contribution in [2.24, 2.45) is 5.92 Å². The molecule has 0 aromatic heterocycles. The standard InChI is InChI=1S/C14H15NO5/c16-13(15-11(14(17)18)8-4-5-8)9-2-1-3-10-12(9)20-7-6-19-10/h1-3,8,11H,4-7H2,(H,15,16)(H,17,18). The number of fused-ring (bicyclic) bond motifs is 1. The van der Waals surface area contributed by atoms with E-state index in [1.54, 1.807) is 18.2 Å². The smallest absolute Gasteiger partial charge is 0.326 e. The van der Waals surface area contributed by atoms with E-state index in [4.69, 9.17) is 14.6 Å². The average molecular weight is 277 g/mol. The van der Waals surface area contributed by atoms with Gasteiger partial charge in [-0.2, -0.15) is 0 Å². The molecule has 6 nitrogen and oxygen atoms in total. The molecule has 1 saturated carbocycles. The van der Waals surface area contributed by atoms with Crippen molar-refractivity contribution in [1.82, 2.24) is 5.32 Å². The van der Waals surface area contributed by atoms with Gasteiger partial charge in [-0.3, -0.25) is 4.79 Å². The summed E-state index contributed by atoms with van der Waals surface area (Å²) in [5.74, 6) is -0.499. The molecule has 1 aliphatic carbocycles. The second kappa shape index (κ2) is 5.03. The number of amides is 1. The molecule has 3 rings (SSSR count). The van der Waals surface area contributed by atoms with Crippen LogP contribution in [0.15, 0.2) is 18.2 Å². The normalized spacial score (nSPS) is 18.2. The molecule has 0 saturated heterocycles. The van der Waals surface area contributed by atoms with Crippen LogP contribution in [0.4, 0.5) is 0 Å². The van der Waals surface area contributed by atoms with Crippen LogP contribution in [-0.4, -0.2) is 36.2 Å². The maximum absolute atomic E-state index is 12.3. The van der Waals surface area contributed by atoms with Gasteiger partial charge in [0.2, 0.25) is 0 Å². The molecule has 1 aliphatic heterocycles. The molecule has 1 aromatic carbocycles. The predicted molar refractivity (Wildman–Crippen MR) is 69.0 cm³/mol. The second-order valence-electron chi connectivity index (χ2n) is 4.96. The summed E-state index contributed by atoms with van der Waals surface area (Å²) in [4.78, 5) is 23.4. The fourth-order valence-electron chi connectivity index (χ4n) is 2.28. The molecule has 0 bridgehead atoms. The van der Waals surface area contributed by atoms with Gasteiger partial charge >= 0.3 is 5.97 Å². The third-order valence-corrected chi connectivity index (χ3v) is 3.46. The first-order valence-corrected chi connectivity index (χ1v) is 6.59. The number of para-hydroxylation sites is 1. The molecule has 1 atom stereocenters. The highest BCUT2D eigenvalue weighted by atomic mass is 16.6. The quantitative estimate of drug-likeness (QED) is 0.859. The van der Waals surface area contributed by atoms with E-state index < -0.39 is 17.9 Å². The summed E-state index contributed by atoms with van der Waals surface area (Å²) < 4.78 is 10.9. The van der Waals surface area contributed by atoms with Crippen molar-refractivity contribution in [1.29, 1.82) is 0 Å². The summed E-state index contributed by atoms with van der Waals surface area (Å²) in [6.45, 7) is 0.820. The van der Waals surface area contributed by atoms with Gasteiger partial charge in [-0.15, -0.1) is 0 Å². The molecular weight excluding hydrogens is 262 g/mol. The lowest BCUT2D eigenvalue weighted by atomic mass is 10.1. The average Bonchev–Trinajstić information content (AvgIpc) is 3.28. The van der Waals surface area contributed by atoms with Crippen molar-refractivity contribution in [2.75, 3.05) is 13.2 Å². The highest BCUT2D eigenvalue weighted by Crippen LogP contribution is 2.35. The van der Waals surface area contributed by atoms with Gasteiger partial charge < -0.3 is 19.9 Å². The predicted octanol–water partition coefficient (Wildman–Crippen LogP) is 1.05. The van der Waals surface area contributed by atoms with E-state index in [1.165, 1.54) is 0 Å². The lowest BCUT2D eigenvalue weighted by molar-refractivity contribution is -0.139. The summed E-state index contributed by atoms with van der Waals surface area (Å²) in [5, 5.41) is 11.7. The lowest BCUT2D eigenvalue weighted by Crippen LogP contribution is -2.42. The Kier molecular flexibility index (Phi) is 3.22. The summed E-state index contributed by atoms with van der Waals surface area (Å²) in [6.07, 6.45) is 1.67. The Hall–Kier alpha value is -2.24. The molecule has 20 heavy (non-hydrogen) atoms. The molecule has 0 spiro atoms. The molecule has 1 unspecified atom stereocenters. The van der Waals surface area contributed by atoms with Crippen molar-refractivity contribution >= 4 is 11.9 Å². The third-order valence-electron chi connectivity index (χ3n) is 3.46. The van der Waals surface area contributed by atoms with Crippen LogP contribution in [-0.2, 0) is 4.79 Å². The van der Waals surface area contributed by atoms with E-state index >= 15 is 0 Å². The van der Waals surface area contributed by atoms with Gasteiger partial charge in [-0.25, -0.2) is 4.79 Å². The number of nitrogens with one attached hydrogen (secondary N) is 1. The fraction of sp³-hybridized carbons (Fsp3) is 0.429. The number of rotatable bonds is 4. The zero-order chi connectivity index (χ0) is 14.1. The number of benzene rings is 1. The van der Waals surface area contributed by atoms with Crippen LogP contribution in [0.3, 0.4) is 0 Å². The van der Waals surface area contributed by atoms with E-state index in [-0.39, 0.29) is 5.92 Å². The Balaban J connectivity index is 1.81. The number of carbonyl (C=O) groups excluding carboxylic acids is 1. The Morgan fingerprint density at radius 3 is 2.70 bits per heavy atom. The highest BCUT2D eigenvalue weighted by molar-refractivity contribution is 5.99. The number of carboxylic acids is 1. The van der Waals surface area contributed by atoms with E-state index in [0.717, 1.165) is 12.8 Å². The molecule has 6 heteroatoms. The van der Waals surface area contributed by atoms with Gasteiger partial charge in [0.05, 0.1) is 5.56 Å². The van der Waals surface area contributed by atoms with Gasteiger partial charge in [-0.1, -0.05) is 6.07 Å². The Morgan fingerprint density at radius 2 is 2.00 bits per heavy atom. The first kappa shape index (κ1) is 12.8. The van der Waals surface area contributed by atoms with Gasteiger partial charge in [0.25, 0.3) is 5.91 Å². The molecule has 106 valence electrons. The largest absolute Gasteiger partial charge is 0.486 e. The highest BCUT2D eigenvalue weighted by Gasteiger charge is 2.38. The monoisotopic (exact) mass is 277 g/mol. The van der Waals surface area contributed by atoms with Crippen molar-refractivity contribution in [3.63, 3.8) is 0 Å². The molecule has 1 amide bonds. The molecule has 1 aromatic rings. The lowest BCUT2D eigenvalue weighted by Gasteiger charge is -2.21. The number of ether oxygens (including phenoxy) is 2. The minimum Gasteiger partial charge on any atom is -0.486 e. The Bertz CT molecular complexity index is 552. The van der Waals surface area contributed by atoms with Gasteiger partial charge in [-0.05, 0) is 30.9 Å². The molecule has 0 radical (unpaired) electrons. The van der Waals surface area contributed by atoms with Crippen molar-refractivity contribution < 1.29 is 24.2 Å². The maximum Gasteiger partial charge on any atom is 0.326 e. The van der Waals surface area contributed by atoms with Crippen LogP contribution in [0.1, 0.15) is 23.2 Å². The number of aliphatic carboxylic acids is 1. The van der Waals surface area contributed by atoms with Crippen LogP contribution < -0.4 is 14.8 Å². The topological polar surface area (TPSA) is 84.9 Å². The molecule has 2 aliphatic rings. The van der Waals surface area contributed by atoms with E-state index in [0.29, 0.717) is 30.3 Å². The zero-order valence-electron chi connectivity index (χ0n) is 10.8. The summed E-state index contributed by atoms with van der Waals surface area (Å²) in [6, 6.07) is 4.19. The fourth-order valence-corrected chi connectivity index (χ4v) is 2.28. The summed E-state index contributed by atoms with van der Waals surface area (Å²) in [7, 11) is 0. The van der Waals surface area contributed by atoms with Crippen molar-refractivity contribution in [3.8, 4) is 11.5 Å². The Labute approximate surface area is 115 Å². The maximum atomic E-state index is 12.3. The minimum absolute atomic E-state index is 0.0353. The second-order valence-corrected chi connectivity index (χ2v) is 4.96. The minimum atomic E-state index is -0.997. The van der Waals surface area contributed by atoms with Crippen LogP contribution in [0.25, 0.3) is 0 Å². The number of carboxylic acid groups (broad SMARTS) is 1. The van der Waals surface area contributed by atoms with Crippen molar-refractivity contribution in [2.45, 2.75) is 18.9 Å². The number of hydrogen-bond acceptors (Lipinski definition) is 4. The van der Waals surface area contributed by atoms with E-state index in [2.05, 4.69) is 5.32 Å². The van der Waals surface area contributed by atoms with Crippen LogP contribution in [0, 0.1) is 5.92 Å². The van der Waals surface area contributed by atoms with Crippen LogP contribution in [0.5, 0.6) is 11.5 Å². The number of hydrogen-bond donors (Lipinski definition) is 2. The first-order valence-electron chi connectivity index (χ1n) is 6.59. The third kappa shape index (κ3) is 2.41. The van der Waals surface area contributed by atoms with Crippen molar-refractivity contribution in [3.05, 3.63) is 23.8 Å².